The second-order valence-electron chi connectivity index (χ2n) is 4.60. The largest absolute Gasteiger partial charge is 0.496 e. The molecule has 1 aromatic carbocycles. The van der Waals surface area contributed by atoms with Gasteiger partial charge in [0.1, 0.15) is 11.6 Å². The van der Waals surface area contributed by atoms with E-state index in [1.54, 1.807) is 4.68 Å². The maximum absolute atomic E-state index is 13.5. The lowest BCUT2D eigenvalue weighted by atomic mass is 10.1. The van der Waals surface area contributed by atoms with E-state index in [-0.39, 0.29) is 11.7 Å². The fourth-order valence-corrected chi connectivity index (χ4v) is 1.97. The number of hydrogen-bond donors (Lipinski definition) is 1. The topological polar surface area (TPSA) is 64.3 Å². The molecule has 0 saturated heterocycles. The molecular weight excluding hydrogens is 263 g/mol. The Labute approximate surface area is 115 Å². The van der Waals surface area contributed by atoms with Crippen molar-refractivity contribution in [2.75, 3.05) is 7.11 Å². The third-order valence-corrected chi connectivity index (χ3v) is 2.88. The van der Waals surface area contributed by atoms with Gasteiger partial charge in [-0.3, -0.25) is 4.68 Å². The van der Waals surface area contributed by atoms with E-state index in [1.807, 2.05) is 13.8 Å². The fourth-order valence-electron chi connectivity index (χ4n) is 1.97. The molecule has 0 aliphatic carbocycles. The van der Waals surface area contributed by atoms with Gasteiger partial charge in [0.25, 0.3) is 0 Å². The first kappa shape index (κ1) is 14.0. The summed E-state index contributed by atoms with van der Waals surface area (Å²) in [6, 6.07) is 5.45. The van der Waals surface area contributed by atoms with Gasteiger partial charge in [-0.15, -0.1) is 0 Å². The summed E-state index contributed by atoms with van der Waals surface area (Å²) in [5, 5.41) is 13.1. The van der Waals surface area contributed by atoms with Crippen LogP contribution in [0.5, 0.6) is 5.75 Å². The molecule has 0 fully saturated rings. The number of nitrogens with zero attached hydrogens (tertiary/aromatic N) is 2. The Balaban J connectivity index is 2.67. The van der Waals surface area contributed by atoms with Crippen molar-refractivity contribution in [2.24, 2.45) is 0 Å². The quantitative estimate of drug-likeness (QED) is 0.933. The van der Waals surface area contributed by atoms with E-state index in [0.29, 0.717) is 17.0 Å². The predicted octanol–water partition coefficient (Wildman–Crippen LogP) is 2.98. The number of hydrogen-bond acceptors (Lipinski definition) is 3. The van der Waals surface area contributed by atoms with Crippen molar-refractivity contribution in [3.05, 3.63) is 35.8 Å². The molecule has 6 heteroatoms. The standard InChI is InChI=1S/C14H15FN2O3/c1-8(2)17-12(7-11(16-17)14(18)19)10-6-9(15)4-5-13(10)20-3/h4-8H,1-3H3,(H,18,19). The van der Waals surface area contributed by atoms with Crippen LogP contribution in [0.4, 0.5) is 4.39 Å². The molecule has 0 radical (unpaired) electrons. The van der Waals surface area contributed by atoms with Gasteiger partial charge in [0.2, 0.25) is 0 Å². The van der Waals surface area contributed by atoms with Gasteiger partial charge in [-0.25, -0.2) is 9.18 Å². The molecule has 2 rings (SSSR count). The number of benzene rings is 1. The molecule has 1 aromatic heterocycles. The molecule has 0 aliphatic heterocycles. The molecule has 2 aromatic rings. The summed E-state index contributed by atoms with van der Waals surface area (Å²) in [6.45, 7) is 3.74. The zero-order valence-electron chi connectivity index (χ0n) is 11.4. The van der Waals surface area contributed by atoms with Gasteiger partial charge in [0.15, 0.2) is 5.69 Å². The lowest BCUT2D eigenvalue weighted by Gasteiger charge is -2.13. The summed E-state index contributed by atoms with van der Waals surface area (Å²) < 4.78 is 20.2. The molecular formula is C14H15FN2O3. The van der Waals surface area contributed by atoms with Crippen molar-refractivity contribution in [1.29, 1.82) is 0 Å². The molecule has 5 nitrogen and oxygen atoms in total. The van der Waals surface area contributed by atoms with Crippen LogP contribution in [0, 0.1) is 5.82 Å². The van der Waals surface area contributed by atoms with E-state index in [4.69, 9.17) is 9.84 Å². The first-order valence-electron chi connectivity index (χ1n) is 6.10. The minimum absolute atomic E-state index is 0.0638. The first-order valence-corrected chi connectivity index (χ1v) is 6.10. The van der Waals surface area contributed by atoms with Gasteiger partial charge in [-0.2, -0.15) is 5.10 Å². The molecule has 0 aliphatic rings. The van der Waals surface area contributed by atoms with Crippen LogP contribution in [0.15, 0.2) is 24.3 Å². The van der Waals surface area contributed by atoms with Crippen LogP contribution in [0.3, 0.4) is 0 Å². The highest BCUT2D eigenvalue weighted by Gasteiger charge is 2.19. The Kier molecular flexibility index (Phi) is 3.74. The minimum Gasteiger partial charge on any atom is -0.496 e. The van der Waals surface area contributed by atoms with Crippen molar-refractivity contribution in [1.82, 2.24) is 9.78 Å². The zero-order valence-corrected chi connectivity index (χ0v) is 11.4. The van der Waals surface area contributed by atoms with Crippen molar-refractivity contribution in [3.63, 3.8) is 0 Å². The highest BCUT2D eigenvalue weighted by Crippen LogP contribution is 2.32. The summed E-state index contributed by atoms with van der Waals surface area (Å²) in [5.74, 6) is -1.08. The van der Waals surface area contributed by atoms with E-state index < -0.39 is 11.8 Å². The van der Waals surface area contributed by atoms with Crippen molar-refractivity contribution >= 4 is 5.97 Å². The summed E-state index contributed by atoms with van der Waals surface area (Å²) in [5.41, 5.74) is 0.898. The monoisotopic (exact) mass is 278 g/mol. The van der Waals surface area contributed by atoms with E-state index in [1.165, 1.54) is 31.4 Å². The Morgan fingerprint density at radius 3 is 2.65 bits per heavy atom. The number of carboxylic acids is 1. The number of carboxylic acid groups (broad SMARTS) is 1. The van der Waals surface area contributed by atoms with E-state index in [2.05, 4.69) is 5.10 Å². The third-order valence-electron chi connectivity index (χ3n) is 2.88. The fraction of sp³-hybridized carbons (Fsp3) is 0.286. The molecule has 0 amide bonds. The van der Waals surface area contributed by atoms with Crippen molar-refractivity contribution in [3.8, 4) is 17.0 Å². The van der Waals surface area contributed by atoms with Crippen LogP contribution < -0.4 is 4.74 Å². The van der Waals surface area contributed by atoms with Gasteiger partial charge in [0, 0.05) is 11.6 Å². The van der Waals surface area contributed by atoms with Gasteiger partial charge >= 0.3 is 5.97 Å². The maximum Gasteiger partial charge on any atom is 0.356 e. The number of aromatic nitrogens is 2. The Morgan fingerprint density at radius 2 is 2.10 bits per heavy atom. The Morgan fingerprint density at radius 1 is 1.40 bits per heavy atom. The molecule has 1 N–H and O–H groups in total. The lowest BCUT2D eigenvalue weighted by Crippen LogP contribution is -2.07. The van der Waals surface area contributed by atoms with Crippen LogP contribution in [0.25, 0.3) is 11.3 Å². The highest BCUT2D eigenvalue weighted by molar-refractivity contribution is 5.87. The Hall–Kier alpha value is -2.37. The van der Waals surface area contributed by atoms with Crippen LogP contribution in [0.1, 0.15) is 30.4 Å². The second kappa shape index (κ2) is 5.32. The first-order chi connectivity index (χ1) is 9.43. The number of aromatic carboxylic acids is 1. The van der Waals surface area contributed by atoms with Crippen LogP contribution in [-0.2, 0) is 0 Å². The number of ether oxygens (including phenoxy) is 1. The molecule has 0 atom stereocenters. The maximum atomic E-state index is 13.5. The average molecular weight is 278 g/mol. The zero-order chi connectivity index (χ0) is 14.9. The van der Waals surface area contributed by atoms with Crippen LogP contribution >= 0.6 is 0 Å². The second-order valence-corrected chi connectivity index (χ2v) is 4.60. The molecule has 0 spiro atoms. The van der Waals surface area contributed by atoms with E-state index >= 15 is 0 Å². The molecule has 106 valence electrons. The normalized spacial score (nSPS) is 10.8. The smallest absolute Gasteiger partial charge is 0.356 e. The van der Waals surface area contributed by atoms with Gasteiger partial charge in [-0.05, 0) is 38.1 Å². The van der Waals surface area contributed by atoms with Crippen molar-refractivity contribution in [2.45, 2.75) is 19.9 Å². The highest BCUT2D eigenvalue weighted by atomic mass is 19.1. The summed E-state index contributed by atoms with van der Waals surface area (Å²) in [6.07, 6.45) is 0. The molecule has 1 heterocycles. The van der Waals surface area contributed by atoms with Crippen molar-refractivity contribution < 1.29 is 19.0 Å². The lowest BCUT2D eigenvalue weighted by molar-refractivity contribution is 0.0689. The Bertz CT molecular complexity index is 650. The molecule has 0 saturated carbocycles. The number of carbonyl (C=O) groups is 1. The van der Waals surface area contributed by atoms with E-state index in [9.17, 15) is 9.18 Å². The van der Waals surface area contributed by atoms with Gasteiger partial charge in [-0.1, -0.05) is 0 Å². The van der Waals surface area contributed by atoms with Crippen LogP contribution in [0.2, 0.25) is 0 Å². The minimum atomic E-state index is -1.12. The number of halogens is 1. The van der Waals surface area contributed by atoms with E-state index in [0.717, 1.165) is 0 Å². The predicted molar refractivity (Wildman–Crippen MR) is 71.5 cm³/mol. The van der Waals surface area contributed by atoms with Gasteiger partial charge < -0.3 is 9.84 Å². The van der Waals surface area contributed by atoms with Crippen LogP contribution in [-0.4, -0.2) is 28.0 Å². The number of rotatable bonds is 4. The molecule has 20 heavy (non-hydrogen) atoms. The summed E-state index contributed by atoms with van der Waals surface area (Å²) >= 11 is 0. The summed E-state index contributed by atoms with van der Waals surface area (Å²) in [7, 11) is 1.48. The third kappa shape index (κ3) is 2.49. The molecule has 0 unspecified atom stereocenters. The average Bonchev–Trinajstić information content (AvgIpc) is 2.83. The SMILES string of the molecule is COc1ccc(F)cc1-c1cc(C(=O)O)nn1C(C)C. The summed E-state index contributed by atoms with van der Waals surface area (Å²) in [4.78, 5) is 11.1. The number of methoxy groups -OCH3 is 1. The van der Waals surface area contributed by atoms with Gasteiger partial charge in [0.05, 0.1) is 12.8 Å². The molecule has 0 bridgehead atoms.